The number of phenolic OH excluding ortho intramolecular Hbond substituents is 1. The van der Waals surface area contributed by atoms with E-state index in [1.165, 1.54) is 37.6 Å². The van der Waals surface area contributed by atoms with E-state index in [2.05, 4.69) is 21.2 Å². The molecule has 3 aromatic rings. The summed E-state index contributed by atoms with van der Waals surface area (Å²) in [6.07, 6.45) is -0.549. The Bertz CT molecular complexity index is 1460. The number of carbonyl (C=O) groups excluding carboxylic acids is 4. The summed E-state index contributed by atoms with van der Waals surface area (Å²) in [7, 11) is 1.38. The number of carbonyl (C=O) groups is 4. The minimum Gasteiger partial charge on any atom is -0.508 e. The van der Waals surface area contributed by atoms with Crippen molar-refractivity contribution in [3.05, 3.63) is 89.5 Å². The summed E-state index contributed by atoms with van der Waals surface area (Å²) in [6, 6.07) is 16.8. The maximum absolute atomic E-state index is 13.1. The average Bonchev–Trinajstić information content (AvgIpc) is 3.04. The lowest BCUT2D eigenvalue weighted by molar-refractivity contribution is -0.130. The molecule has 0 aliphatic rings. The molecule has 0 aromatic heterocycles. The highest BCUT2D eigenvalue weighted by Gasteiger charge is 2.27. The molecule has 3 amide bonds. The van der Waals surface area contributed by atoms with Gasteiger partial charge in [0.05, 0.1) is 26.5 Å². The molecule has 238 valence electrons. The summed E-state index contributed by atoms with van der Waals surface area (Å²) in [5.41, 5.74) is 4.14. The monoisotopic (exact) mass is 622 g/mol. The zero-order valence-electron chi connectivity index (χ0n) is 24.6. The van der Waals surface area contributed by atoms with Crippen LogP contribution >= 0.6 is 0 Å². The van der Waals surface area contributed by atoms with E-state index in [-0.39, 0.29) is 36.9 Å². The van der Waals surface area contributed by atoms with Crippen molar-refractivity contribution in [2.45, 2.75) is 32.0 Å². The number of hydrogen-bond acceptors (Lipinski definition) is 11. The molecule has 0 radical (unpaired) electrons. The van der Waals surface area contributed by atoms with Crippen molar-refractivity contribution in [1.29, 1.82) is 0 Å². The molecule has 14 heteroatoms. The van der Waals surface area contributed by atoms with Gasteiger partial charge in [0, 0.05) is 6.42 Å². The first kappa shape index (κ1) is 33.9. The van der Waals surface area contributed by atoms with Gasteiger partial charge in [-0.2, -0.15) is 5.10 Å². The number of aliphatic hydroxyl groups excluding tert-OH is 1. The second-order valence-electron chi connectivity index (χ2n) is 9.30. The van der Waals surface area contributed by atoms with Crippen LogP contribution < -0.4 is 25.5 Å². The summed E-state index contributed by atoms with van der Waals surface area (Å²) in [5, 5.41) is 28.1. The Hall–Kier alpha value is -5.63. The number of ether oxygens (including phenoxy) is 4. The highest BCUT2D eigenvalue weighted by molar-refractivity contribution is 5.92. The Labute approximate surface area is 258 Å². The second-order valence-corrected chi connectivity index (χ2v) is 9.30. The summed E-state index contributed by atoms with van der Waals surface area (Å²) in [4.78, 5) is 50.0. The lowest BCUT2D eigenvalue weighted by Crippen LogP contribution is -2.55. The number of amides is 3. The van der Waals surface area contributed by atoms with Gasteiger partial charge in [0.1, 0.15) is 24.4 Å². The van der Waals surface area contributed by atoms with Crippen LogP contribution in [-0.2, 0) is 32.1 Å². The lowest BCUT2D eigenvalue weighted by atomic mass is 10.0. The van der Waals surface area contributed by atoms with Gasteiger partial charge in [-0.15, -0.1) is 0 Å². The SMILES string of the molecule is CCOC(=O)Oc1ccc(/C=N\NC(=O)[C@H](Cc2ccc(O)cc2)NC(=O)[C@H](CO)NC(=O)OCc2ccccc2)cc1OC. The van der Waals surface area contributed by atoms with Gasteiger partial charge in [0.15, 0.2) is 11.5 Å². The molecule has 0 fully saturated rings. The third-order valence-corrected chi connectivity index (χ3v) is 6.04. The Balaban J connectivity index is 1.67. The molecule has 0 bridgehead atoms. The van der Waals surface area contributed by atoms with E-state index < -0.39 is 42.8 Å². The van der Waals surface area contributed by atoms with Crippen LogP contribution in [0.5, 0.6) is 17.2 Å². The third-order valence-electron chi connectivity index (χ3n) is 6.04. The molecule has 5 N–H and O–H groups in total. The highest BCUT2D eigenvalue weighted by Crippen LogP contribution is 2.28. The van der Waals surface area contributed by atoms with Crippen molar-refractivity contribution >= 4 is 30.3 Å². The van der Waals surface area contributed by atoms with Crippen LogP contribution in [0, 0.1) is 0 Å². The maximum atomic E-state index is 13.1. The number of phenols is 1. The number of aromatic hydroxyl groups is 1. The van der Waals surface area contributed by atoms with Gasteiger partial charge < -0.3 is 39.8 Å². The molecule has 3 aromatic carbocycles. The number of hydrogen-bond donors (Lipinski definition) is 5. The topological polar surface area (TPSA) is 194 Å². The summed E-state index contributed by atoms with van der Waals surface area (Å²) in [6.45, 7) is 0.955. The van der Waals surface area contributed by atoms with E-state index >= 15 is 0 Å². The van der Waals surface area contributed by atoms with E-state index in [1.54, 1.807) is 49.4 Å². The van der Waals surface area contributed by atoms with Gasteiger partial charge in [-0.25, -0.2) is 15.0 Å². The molecule has 0 saturated carbocycles. The number of benzene rings is 3. The number of methoxy groups -OCH3 is 1. The first-order chi connectivity index (χ1) is 21.7. The van der Waals surface area contributed by atoms with Crippen LogP contribution in [-0.4, -0.2) is 72.9 Å². The van der Waals surface area contributed by atoms with E-state index in [1.807, 2.05) is 6.07 Å². The molecule has 0 aliphatic heterocycles. The van der Waals surface area contributed by atoms with Crippen molar-refractivity contribution in [2.24, 2.45) is 5.10 Å². The number of alkyl carbamates (subject to hydrolysis) is 1. The quantitative estimate of drug-likeness (QED) is 0.0771. The predicted molar refractivity (Wildman–Crippen MR) is 161 cm³/mol. The predicted octanol–water partition coefficient (Wildman–Crippen LogP) is 2.40. The van der Waals surface area contributed by atoms with Crippen LogP contribution in [0.15, 0.2) is 77.9 Å². The van der Waals surface area contributed by atoms with Crippen molar-refractivity contribution in [1.82, 2.24) is 16.1 Å². The molecule has 3 rings (SSSR count). The van der Waals surface area contributed by atoms with Gasteiger partial charge in [-0.05, 0) is 53.9 Å². The molecule has 0 spiro atoms. The van der Waals surface area contributed by atoms with Crippen LogP contribution in [0.4, 0.5) is 9.59 Å². The fourth-order valence-corrected chi connectivity index (χ4v) is 3.78. The third kappa shape index (κ3) is 11.2. The molecule has 0 aliphatic carbocycles. The molecule has 2 atom stereocenters. The van der Waals surface area contributed by atoms with Crippen molar-refractivity contribution in [2.75, 3.05) is 20.3 Å². The lowest BCUT2D eigenvalue weighted by Gasteiger charge is -2.21. The smallest absolute Gasteiger partial charge is 0.508 e. The molecule has 0 unspecified atom stereocenters. The van der Waals surface area contributed by atoms with Crippen molar-refractivity contribution in [3.8, 4) is 17.2 Å². The van der Waals surface area contributed by atoms with Crippen LogP contribution in [0.3, 0.4) is 0 Å². The fraction of sp³-hybridized carbons (Fsp3) is 0.258. The molecular formula is C31H34N4O10. The van der Waals surface area contributed by atoms with Crippen LogP contribution in [0.1, 0.15) is 23.6 Å². The minimum absolute atomic E-state index is 0.0149. The summed E-state index contributed by atoms with van der Waals surface area (Å²) in [5.74, 6) is -1.23. The normalized spacial score (nSPS) is 12.0. The molecule has 45 heavy (non-hydrogen) atoms. The largest absolute Gasteiger partial charge is 0.513 e. The van der Waals surface area contributed by atoms with Gasteiger partial charge in [0.2, 0.25) is 5.91 Å². The maximum Gasteiger partial charge on any atom is 0.513 e. The Kier molecular flexibility index (Phi) is 13.2. The number of nitrogens with one attached hydrogen (secondary N) is 3. The first-order valence-electron chi connectivity index (χ1n) is 13.7. The number of hydrazone groups is 1. The second kappa shape index (κ2) is 17.5. The number of rotatable bonds is 14. The summed E-state index contributed by atoms with van der Waals surface area (Å²) < 4.78 is 20.2. The zero-order chi connectivity index (χ0) is 32.6. The minimum atomic E-state index is -1.42. The van der Waals surface area contributed by atoms with Crippen molar-refractivity contribution in [3.63, 3.8) is 0 Å². The molecule has 0 heterocycles. The highest BCUT2D eigenvalue weighted by atomic mass is 16.7. The Morgan fingerprint density at radius 1 is 0.867 bits per heavy atom. The van der Waals surface area contributed by atoms with Gasteiger partial charge >= 0.3 is 12.2 Å². The Morgan fingerprint density at radius 2 is 1.60 bits per heavy atom. The van der Waals surface area contributed by atoms with Gasteiger partial charge in [0.25, 0.3) is 5.91 Å². The zero-order valence-corrected chi connectivity index (χ0v) is 24.6. The van der Waals surface area contributed by atoms with E-state index in [0.29, 0.717) is 11.1 Å². The first-order valence-corrected chi connectivity index (χ1v) is 13.7. The molecular weight excluding hydrogens is 588 g/mol. The fourth-order valence-electron chi connectivity index (χ4n) is 3.78. The van der Waals surface area contributed by atoms with E-state index in [4.69, 9.17) is 18.9 Å². The van der Waals surface area contributed by atoms with E-state index in [0.717, 1.165) is 5.56 Å². The number of aliphatic hydroxyl groups is 1. The standard InChI is InChI=1S/C31H34N4O10/c1-3-43-31(41)45-26-14-11-22(16-27(26)42-2)17-32-35-29(39)24(15-20-9-12-23(37)13-10-20)33-28(38)25(18-36)34-30(40)44-19-21-7-5-4-6-8-21/h4-14,16-17,24-25,36-37H,3,15,18-19H2,1-2H3,(H,33,38)(H,34,40)(H,35,39)/b32-17-/t24-,25-/m0/s1. The number of nitrogens with zero attached hydrogens (tertiary/aromatic N) is 1. The average molecular weight is 623 g/mol. The van der Waals surface area contributed by atoms with Crippen molar-refractivity contribution < 1.29 is 48.3 Å². The summed E-state index contributed by atoms with van der Waals surface area (Å²) >= 11 is 0. The van der Waals surface area contributed by atoms with Crippen LogP contribution in [0.25, 0.3) is 0 Å². The molecule has 14 nitrogen and oxygen atoms in total. The molecule has 0 saturated heterocycles. The van der Waals surface area contributed by atoms with Gasteiger partial charge in [-0.3, -0.25) is 9.59 Å². The van der Waals surface area contributed by atoms with E-state index in [9.17, 15) is 29.4 Å². The Morgan fingerprint density at radius 3 is 2.27 bits per heavy atom. The van der Waals surface area contributed by atoms with Crippen LogP contribution in [0.2, 0.25) is 0 Å². The van der Waals surface area contributed by atoms with Gasteiger partial charge in [-0.1, -0.05) is 42.5 Å².